The molecule has 1 atom stereocenters. The fourth-order valence-corrected chi connectivity index (χ4v) is 3.99. The second-order valence-electron chi connectivity index (χ2n) is 8.02. The van der Waals surface area contributed by atoms with Crippen LogP contribution in [0.25, 0.3) is 0 Å². The van der Waals surface area contributed by atoms with Crippen LogP contribution < -0.4 is 15.1 Å². The Kier molecular flexibility index (Phi) is 5.53. The zero-order valence-corrected chi connectivity index (χ0v) is 17.1. The SMILES string of the molecule is Cc1ccccc1NC(=O)C1CC(=O)N(c2ccc(N3CCN(C)CC3)cc2)C1. The molecule has 0 spiro atoms. The number of anilines is 3. The van der Waals surface area contributed by atoms with Gasteiger partial charge < -0.3 is 20.0 Å². The highest BCUT2D eigenvalue weighted by Crippen LogP contribution is 2.28. The number of para-hydroxylation sites is 1. The largest absolute Gasteiger partial charge is 0.369 e. The third-order valence-corrected chi connectivity index (χ3v) is 5.93. The number of hydrogen-bond donors (Lipinski definition) is 1. The molecule has 1 N–H and O–H groups in total. The Morgan fingerprint density at radius 2 is 1.62 bits per heavy atom. The Bertz CT molecular complexity index is 888. The lowest BCUT2D eigenvalue weighted by Crippen LogP contribution is -2.44. The predicted octanol–water partition coefficient (Wildman–Crippen LogP) is 2.74. The van der Waals surface area contributed by atoms with Gasteiger partial charge >= 0.3 is 0 Å². The number of amides is 2. The number of rotatable bonds is 4. The highest BCUT2D eigenvalue weighted by Gasteiger charge is 2.35. The van der Waals surface area contributed by atoms with Crippen LogP contribution >= 0.6 is 0 Å². The predicted molar refractivity (Wildman–Crippen MR) is 116 cm³/mol. The summed E-state index contributed by atoms with van der Waals surface area (Å²) in [7, 11) is 2.14. The van der Waals surface area contributed by atoms with Gasteiger partial charge in [-0.05, 0) is 49.9 Å². The summed E-state index contributed by atoms with van der Waals surface area (Å²) in [5, 5.41) is 2.97. The van der Waals surface area contributed by atoms with Crippen molar-refractivity contribution < 1.29 is 9.59 Å². The van der Waals surface area contributed by atoms with Gasteiger partial charge in [0.25, 0.3) is 0 Å². The molecule has 6 nitrogen and oxygen atoms in total. The molecule has 2 aromatic carbocycles. The van der Waals surface area contributed by atoms with Gasteiger partial charge in [0.1, 0.15) is 0 Å². The summed E-state index contributed by atoms with van der Waals surface area (Å²) in [6.45, 7) is 6.53. The third-order valence-electron chi connectivity index (χ3n) is 5.93. The van der Waals surface area contributed by atoms with E-state index in [1.54, 1.807) is 4.90 Å². The van der Waals surface area contributed by atoms with Crippen LogP contribution in [0, 0.1) is 12.8 Å². The maximum atomic E-state index is 12.7. The Labute approximate surface area is 172 Å². The number of benzene rings is 2. The number of hydrogen-bond acceptors (Lipinski definition) is 4. The minimum absolute atomic E-state index is 0.00211. The topological polar surface area (TPSA) is 55.9 Å². The molecule has 6 heteroatoms. The van der Waals surface area contributed by atoms with Gasteiger partial charge in [0, 0.05) is 56.2 Å². The molecule has 2 amide bonds. The smallest absolute Gasteiger partial charge is 0.229 e. The quantitative estimate of drug-likeness (QED) is 0.869. The number of nitrogens with one attached hydrogen (secondary N) is 1. The Balaban J connectivity index is 1.40. The van der Waals surface area contributed by atoms with E-state index in [0.717, 1.165) is 43.1 Å². The van der Waals surface area contributed by atoms with Crippen molar-refractivity contribution in [3.05, 3.63) is 54.1 Å². The van der Waals surface area contributed by atoms with Crippen molar-refractivity contribution >= 4 is 28.9 Å². The molecule has 2 aliphatic heterocycles. The average Bonchev–Trinajstić information content (AvgIpc) is 3.12. The first-order valence-corrected chi connectivity index (χ1v) is 10.2. The first-order valence-electron chi connectivity index (χ1n) is 10.2. The van der Waals surface area contributed by atoms with Gasteiger partial charge in [-0.25, -0.2) is 0 Å². The average molecular weight is 393 g/mol. The highest BCUT2D eigenvalue weighted by atomic mass is 16.2. The molecule has 0 aliphatic carbocycles. The van der Waals surface area contributed by atoms with E-state index in [9.17, 15) is 9.59 Å². The minimum atomic E-state index is -0.334. The Morgan fingerprint density at radius 1 is 0.966 bits per heavy atom. The molecule has 2 saturated heterocycles. The molecule has 2 aromatic rings. The normalized spacial score (nSPS) is 20.2. The Morgan fingerprint density at radius 3 is 2.31 bits per heavy atom. The summed E-state index contributed by atoms with van der Waals surface area (Å²) >= 11 is 0. The third kappa shape index (κ3) is 4.27. The van der Waals surface area contributed by atoms with E-state index >= 15 is 0 Å². The van der Waals surface area contributed by atoms with E-state index in [1.165, 1.54) is 5.69 Å². The molecular weight excluding hydrogens is 364 g/mol. The molecule has 0 radical (unpaired) electrons. The summed E-state index contributed by atoms with van der Waals surface area (Å²) in [5.41, 5.74) is 3.86. The van der Waals surface area contributed by atoms with Gasteiger partial charge in [-0.2, -0.15) is 0 Å². The van der Waals surface area contributed by atoms with Gasteiger partial charge in [0.15, 0.2) is 0 Å². The lowest BCUT2D eigenvalue weighted by Gasteiger charge is -2.34. The van der Waals surface area contributed by atoms with Crippen molar-refractivity contribution in [3.63, 3.8) is 0 Å². The van der Waals surface area contributed by atoms with E-state index in [4.69, 9.17) is 0 Å². The van der Waals surface area contributed by atoms with E-state index in [-0.39, 0.29) is 24.2 Å². The van der Waals surface area contributed by atoms with E-state index in [1.807, 2.05) is 43.3 Å². The van der Waals surface area contributed by atoms with Crippen LogP contribution in [-0.2, 0) is 9.59 Å². The molecule has 2 aliphatic rings. The standard InChI is InChI=1S/C23H28N4O2/c1-17-5-3-4-6-21(17)24-23(29)18-15-22(28)27(16-18)20-9-7-19(8-10-20)26-13-11-25(2)12-14-26/h3-10,18H,11-16H2,1-2H3,(H,24,29). The van der Waals surface area contributed by atoms with E-state index in [2.05, 4.69) is 34.3 Å². The molecule has 2 heterocycles. The molecule has 2 fully saturated rings. The fraction of sp³-hybridized carbons (Fsp3) is 0.391. The van der Waals surface area contributed by atoms with Crippen molar-refractivity contribution in [1.29, 1.82) is 0 Å². The number of carbonyl (C=O) groups excluding carboxylic acids is 2. The van der Waals surface area contributed by atoms with Gasteiger partial charge in [-0.3, -0.25) is 9.59 Å². The maximum absolute atomic E-state index is 12.7. The van der Waals surface area contributed by atoms with Crippen LogP contribution in [-0.4, -0.2) is 56.5 Å². The van der Waals surface area contributed by atoms with Gasteiger partial charge in [-0.1, -0.05) is 18.2 Å². The maximum Gasteiger partial charge on any atom is 0.229 e. The van der Waals surface area contributed by atoms with Crippen LogP contribution in [0.5, 0.6) is 0 Å². The molecule has 29 heavy (non-hydrogen) atoms. The van der Waals surface area contributed by atoms with Crippen molar-refractivity contribution in [1.82, 2.24) is 4.90 Å². The molecule has 0 aromatic heterocycles. The van der Waals surface area contributed by atoms with E-state index in [0.29, 0.717) is 6.54 Å². The highest BCUT2D eigenvalue weighted by molar-refractivity contribution is 6.03. The van der Waals surface area contributed by atoms with Crippen molar-refractivity contribution in [2.45, 2.75) is 13.3 Å². The lowest BCUT2D eigenvalue weighted by atomic mass is 10.1. The first-order chi connectivity index (χ1) is 14.0. The molecule has 0 bridgehead atoms. The van der Waals surface area contributed by atoms with Gasteiger partial charge in [0.05, 0.1) is 5.92 Å². The summed E-state index contributed by atoms with van der Waals surface area (Å²) < 4.78 is 0. The summed E-state index contributed by atoms with van der Waals surface area (Å²) in [6.07, 6.45) is 0.248. The number of piperazine rings is 1. The summed E-state index contributed by atoms with van der Waals surface area (Å²) in [5.74, 6) is -0.425. The molecule has 152 valence electrons. The van der Waals surface area contributed by atoms with Crippen LogP contribution in [0.1, 0.15) is 12.0 Å². The molecule has 1 unspecified atom stereocenters. The minimum Gasteiger partial charge on any atom is -0.369 e. The van der Waals surface area contributed by atoms with Crippen LogP contribution in [0.2, 0.25) is 0 Å². The van der Waals surface area contributed by atoms with Crippen LogP contribution in [0.3, 0.4) is 0 Å². The van der Waals surface area contributed by atoms with Crippen LogP contribution in [0.15, 0.2) is 48.5 Å². The monoisotopic (exact) mass is 392 g/mol. The number of aryl methyl sites for hydroxylation is 1. The zero-order chi connectivity index (χ0) is 20.4. The lowest BCUT2D eigenvalue weighted by molar-refractivity contribution is -0.122. The zero-order valence-electron chi connectivity index (χ0n) is 17.1. The van der Waals surface area contributed by atoms with Crippen LogP contribution in [0.4, 0.5) is 17.1 Å². The number of carbonyl (C=O) groups is 2. The van der Waals surface area contributed by atoms with Gasteiger partial charge in [-0.15, -0.1) is 0 Å². The Hall–Kier alpha value is -2.86. The second kappa shape index (κ2) is 8.25. The van der Waals surface area contributed by atoms with Crippen molar-refractivity contribution in [2.75, 3.05) is 54.9 Å². The first kappa shape index (κ1) is 19.5. The van der Waals surface area contributed by atoms with Crippen molar-refractivity contribution in [3.8, 4) is 0 Å². The van der Waals surface area contributed by atoms with E-state index < -0.39 is 0 Å². The number of nitrogens with zero attached hydrogens (tertiary/aromatic N) is 3. The second-order valence-corrected chi connectivity index (χ2v) is 8.02. The molecule has 0 saturated carbocycles. The number of likely N-dealkylation sites (N-methyl/N-ethyl adjacent to an activating group) is 1. The summed E-state index contributed by atoms with van der Waals surface area (Å²) in [6, 6.07) is 15.8. The summed E-state index contributed by atoms with van der Waals surface area (Å²) in [4.78, 5) is 31.7. The van der Waals surface area contributed by atoms with Gasteiger partial charge in [0.2, 0.25) is 11.8 Å². The van der Waals surface area contributed by atoms with Crippen molar-refractivity contribution in [2.24, 2.45) is 5.92 Å². The molecular formula is C23H28N4O2. The molecule has 4 rings (SSSR count). The fourth-order valence-electron chi connectivity index (χ4n) is 3.99.